The van der Waals surface area contributed by atoms with Crippen molar-refractivity contribution in [1.29, 1.82) is 0 Å². The van der Waals surface area contributed by atoms with Crippen molar-refractivity contribution in [1.82, 2.24) is 5.32 Å². The van der Waals surface area contributed by atoms with E-state index in [-0.39, 0.29) is 18.2 Å². The van der Waals surface area contributed by atoms with Crippen molar-refractivity contribution < 1.29 is 19.6 Å². The summed E-state index contributed by atoms with van der Waals surface area (Å²) in [5, 5.41) is 18.4. The molecule has 24 heavy (non-hydrogen) atoms. The van der Waals surface area contributed by atoms with Crippen LogP contribution in [0.25, 0.3) is 6.08 Å². The van der Waals surface area contributed by atoms with Crippen LogP contribution in [0.3, 0.4) is 0 Å². The van der Waals surface area contributed by atoms with E-state index >= 15 is 0 Å². The quantitative estimate of drug-likeness (QED) is 0.264. The smallest absolute Gasteiger partial charge is 0.263 e. The largest absolute Gasteiger partial charge is 0.487 e. The number of benzene rings is 1. The van der Waals surface area contributed by atoms with E-state index in [9.17, 15) is 4.79 Å². The Labute approximate surface area is 148 Å². The third kappa shape index (κ3) is 4.80. The Bertz CT molecular complexity index is 744. The summed E-state index contributed by atoms with van der Waals surface area (Å²) in [6, 6.07) is 7.16. The molecule has 1 aliphatic rings. The van der Waals surface area contributed by atoms with Gasteiger partial charge in [-0.2, -0.15) is 0 Å². The Kier molecular flexibility index (Phi) is 6.33. The summed E-state index contributed by atoms with van der Waals surface area (Å²) in [6.07, 6.45) is 1.73. The average molecular weight is 365 g/mol. The molecular weight excluding hydrogens is 350 g/mol. The topological polar surface area (TPSA) is 92.5 Å². The van der Waals surface area contributed by atoms with Gasteiger partial charge in [-0.1, -0.05) is 46.4 Å². The van der Waals surface area contributed by atoms with Gasteiger partial charge in [0.25, 0.3) is 5.91 Å². The van der Waals surface area contributed by atoms with E-state index < -0.39 is 0 Å². The van der Waals surface area contributed by atoms with Gasteiger partial charge in [0, 0.05) is 0 Å². The predicted octanol–water partition coefficient (Wildman–Crippen LogP) is 2.41. The maximum atomic E-state index is 11.7. The van der Waals surface area contributed by atoms with Crippen molar-refractivity contribution in [3.63, 3.8) is 0 Å². The summed E-state index contributed by atoms with van der Waals surface area (Å²) in [6.45, 7) is 1.66. The van der Waals surface area contributed by atoms with Crippen molar-refractivity contribution in [2.45, 2.75) is 6.92 Å². The van der Waals surface area contributed by atoms with E-state index in [1.165, 1.54) is 18.9 Å². The lowest BCUT2D eigenvalue weighted by Gasteiger charge is -2.08. The fourth-order valence-corrected chi connectivity index (χ4v) is 2.86. The van der Waals surface area contributed by atoms with Crippen LogP contribution in [0.15, 0.2) is 39.5 Å². The number of thioether (sulfide) groups is 1. The normalized spacial score (nSPS) is 17.2. The lowest BCUT2D eigenvalue weighted by atomic mass is 10.2. The van der Waals surface area contributed by atoms with Crippen molar-refractivity contribution in [3.8, 4) is 5.75 Å². The van der Waals surface area contributed by atoms with Crippen molar-refractivity contribution in [3.05, 3.63) is 34.7 Å². The van der Waals surface area contributed by atoms with Crippen LogP contribution < -0.4 is 10.1 Å². The van der Waals surface area contributed by atoms with Gasteiger partial charge in [0.1, 0.15) is 35.2 Å². The fraction of sp³-hybridized carbons (Fsp3) is 0.200. The Balaban J connectivity index is 2.08. The van der Waals surface area contributed by atoms with Gasteiger partial charge in [-0.15, -0.1) is 0 Å². The number of carbonyl (C=O) groups excluding carboxylic acids is 1. The van der Waals surface area contributed by atoms with E-state index in [4.69, 9.17) is 22.2 Å². The first-order chi connectivity index (χ1) is 11.5. The first-order valence-corrected chi connectivity index (χ1v) is 8.02. The zero-order chi connectivity index (χ0) is 17.5. The highest BCUT2D eigenvalue weighted by molar-refractivity contribution is 8.26. The molecule has 1 aromatic carbocycles. The van der Waals surface area contributed by atoms with Crippen molar-refractivity contribution >= 4 is 51.7 Å². The van der Waals surface area contributed by atoms with Crippen LogP contribution in [0.5, 0.6) is 5.75 Å². The molecular formula is C15H15N3O4S2. The highest BCUT2D eigenvalue weighted by Crippen LogP contribution is 2.26. The zero-order valence-electron chi connectivity index (χ0n) is 13.0. The number of ether oxygens (including phenoxy) is 1. The molecule has 1 saturated heterocycles. The number of nitrogens with one attached hydrogen (secondary N) is 1. The number of rotatable bonds is 6. The van der Waals surface area contributed by atoms with E-state index in [1.807, 2.05) is 6.07 Å². The molecule has 1 fully saturated rings. The third-order valence-corrected chi connectivity index (χ3v) is 4.10. The molecule has 0 atom stereocenters. The molecule has 1 aromatic rings. The minimum atomic E-state index is -0.211. The van der Waals surface area contributed by atoms with Gasteiger partial charge in [0.2, 0.25) is 0 Å². The zero-order valence-corrected chi connectivity index (χ0v) is 14.6. The number of hydrogen-bond donors (Lipinski definition) is 2. The van der Waals surface area contributed by atoms with Gasteiger partial charge >= 0.3 is 0 Å². The fourth-order valence-electron chi connectivity index (χ4n) is 1.81. The molecule has 0 radical (unpaired) electrons. The number of hydrogen-bond acceptors (Lipinski definition) is 8. The minimum absolute atomic E-state index is 0.0224. The van der Waals surface area contributed by atoms with Gasteiger partial charge < -0.3 is 20.1 Å². The molecule has 0 aromatic heterocycles. The second kappa shape index (κ2) is 8.46. The van der Waals surface area contributed by atoms with Crippen molar-refractivity contribution in [2.24, 2.45) is 10.3 Å². The average Bonchev–Trinajstić information content (AvgIpc) is 2.86. The number of amides is 1. The number of oxime groups is 2. The Hall–Kier alpha value is -2.39. The van der Waals surface area contributed by atoms with Gasteiger partial charge in [-0.3, -0.25) is 4.79 Å². The van der Waals surface area contributed by atoms with Gasteiger partial charge in [0.15, 0.2) is 0 Å². The van der Waals surface area contributed by atoms with Crippen LogP contribution in [0.1, 0.15) is 12.5 Å². The molecule has 1 amide bonds. The van der Waals surface area contributed by atoms with Crippen LogP contribution in [-0.4, -0.2) is 40.6 Å². The summed E-state index contributed by atoms with van der Waals surface area (Å²) in [7, 11) is 1.40. The second-order valence-electron chi connectivity index (χ2n) is 4.62. The lowest BCUT2D eigenvalue weighted by molar-refractivity contribution is -0.115. The molecule has 1 heterocycles. The third-order valence-electron chi connectivity index (χ3n) is 2.94. The molecule has 0 spiro atoms. The maximum absolute atomic E-state index is 11.7. The number of nitrogens with zero attached hydrogens (tertiary/aromatic N) is 2. The SMILES string of the molecule is CO/N=C(C)\C(COc1cccc(/C=C2\SC(=S)NC2=O)c1)=N\O. The second-order valence-corrected chi connectivity index (χ2v) is 6.34. The van der Waals surface area contributed by atoms with E-state index in [1.54, 1.807) is 31.2 Å². The van der Waals surface area contributed by atoms with Gasteiger partial charge in [0.05, 0.1) is 4.91 Å². The van der Waals surface area contributed by atoms with E-state index in [0.717, 1.165) is 5.56 Å². The summed E-state index contributed by atoms with van der Waals surface area (Å²) in [5.74, 6) is 0.346. The molecule has 0 saturated carbocycles. The summed E-state index contributed by atoms with van der Waals surface area (Å²) in [4.78, 5) is 16.8. The summed E-state index contributed by atoms with van der Waals surface area (Å²) in [5.41, 5.74) is 1.45. The predicted molar refractivity (Wildman–Crippen MR) is 97.6 cm³/mol. The molecule has 126 valence electrons. The Morgan fingerprint density at radius 1 is 1.50 bits per heavy atom. The first-order valence-electron chi connectivity index (χ1n) is 6.80. The maximum Gasteiger partial charge on any atom is 0.263 e. The first kappa shape index (κ1) is 18.0. The van der Waals surface area contributed by atoms with Crippen LogP contribution in [0.4, 0.5) is 0 Å². The monoisotopic (exact) mass is 365 g/mol. The van der Waals surface area contributed by atoms with E-state index in [2.05, 4.69) is 20.5 Å². The van der Waals surface area contributed by atoms with Gasteiger partial charge in [-0.25, -0.2) is 0 Å². The highest BCUT2D eigenvalue weighted by Gasteiger charge is 2.21. The molecule has 9 heteroatoms. The highest BCUT2D eigenvalue weighted by atomic mass is 32.2. The van der Waals surface area contributed by atoms with E-state index in [0.29, 0.717) is 20.7 Å². The summed E-state index contributed by atoms with van der Waals surface area (Å²) < 4.78 is 6.03. The van der Waals surface area contributed by atoms with Crippen LogP contribution in [-0.2, 0) is 9.63 Å². The van der Waals surface area contributed by atoms with Crippen LogP contribution >= 0.6 is 24.0 Å². The molecule has 7 nitrogen and oxygen atoms in total. The molecule has 0 bridgehead atoms. The molecule has 1 aliphatic heterocycles. The molecule has 2 N–H and O–H groups in total. The number of thiocarbonyl (C=S) groups is 1. The Morgan fingerprint density at radius 3 is 2.92 bits per heavy atom. The van der Waals surface area contributed by atoms with Crippen LogP contribution in [0.2, 0.25) is 0 Å². The van der Waals surface area contributed by atoms with Crippen LogP contribution in [0, 0.1) is 0 Å². The Morgan fingerprint density at radius 2 is 2.29 bits per heavy atom. The standard InChI is InChI=1S/C15H15N3O4S2/c1-9(18-21-2)12(17-20)8-22-11-5-3-4-10(6-11)7-13-14(19)16-15(23)24-13/h3-7,20H,8H2,1-2H3,(H,16,19,23)/b13-7-,17-12+,18-9-. The molecule has 0 unspecified atom stereocenters. The van der Waals surface area contributed by atoms with Gasteiger partial charge in [-0.05, 0) is 30.7 Å². The molecule has 0 aliphatic carbocycles. The van der Waals surface area contributed by atoms with Crippen molar-refractivity contribution in [2.75, 3.05) is 13.7 Å². The minimum Gasteiger partial charge on any atom is -0.487 e. The summed E-state index contributed by atoms with van der Waals surface area (Å²) >= 11 is 6.17. The number of carbonyl (C=O) groups is 1. The molecule has 2 rings (SSSR count). The lowest BCUT2D eigenvalue weighted by Crippen LogP contribution is -2.20.